The van der Waals surface area contributed by atoms with E-state index in [1.165, 1.54) is 24.3 Å². The highest BCUT2D eigenvalue weighted by molar-refractivity contribution is 5.95. The number of aliphatic hydroxyl groups excluding tert-OH is 1. The van der Waals surface area contributed by atoms with Gasteiger partial charge in [0.1, 0.15) is 11.6 Å². The number of halogens is 2. The molecule has 2 unspecified atom stereocenters. The molecule has 2 atom stereocenters. The number of benzene rings is 2. The molecule has 0 aliphatic rings. The van der Waals surface area contributed by atoms with Crippen molar-refractivity contribution in [1.29, 1.82) is 0 Å². The second kappa shape index (κ2) is 7.33. The zero-order valence-electron chi connectivity index (χ0n) is 13.0. The summed E-state index contributed by atoms with van der Waals surface area (Å²) in [5.74, 6) is -1.66. The van der Waals surface area contributed by atoms with Crippen LogP contribution in [0.3, 0.4) is 0 Å². The maximum absolute atomic E-state index is 14.2. The highest BCUT2D eigenvalue weighted by atomic mass is 19.1. The van der Waals surface area contributed by atoms with Gasteiger partial charge in [-0.05, 0) is 48.2 Å². The van der Waals surface area contributed by atoms with Gasteiger partial charge in [-0.15, -0.1) is 0 Å². The van der Waals surface area contributed by atoms with Crippen LogP contribution in [-0.2, 0) is 0 Å². The maximum atomic E-state index is 14.2. The first-order valence-corrected chi connectivity index (χ1v) is 7.39. The average molecular weight is 319 g/mol. The van der Waals surface area contributed by atoms with E-state index in [2.05, 4.69) is 5.32 Å². The molecule has 0 saturated carbocycles. The van der Waals surface area contributed by atoms with E-state index in [9.17, 15) is 13.6 Å². The van der Waals surface area contributed by atoms with Crippen LogP contribution in [0.1, 0.15) is 24.2 Å². The van der Waals surface area contributed by atoms with Crippen LogP contribution in [0.15, 0.2) is 42.5 Å². The number of nitrogens with one attached hydrogen (secondary N) is 1. The van der Waals surface area contributed by atoms with Crippen molar-refractivity contribution < 1.29 is 18.7 Å². The minimum Gasteiger partial charge on any atom is -0.396 e. The van der Waals surface area contributed by atoms with Crippen molar-refractivity contribution in [2.24, 2.45) is 5.92 Å². The van der Waals surface area contributed by atoms with Crippen LogP contribution in [0.4, 0.5) is 8.78 Å². The minimum absolute atomic E-state index is 0.0621. The molecule has 1 amide bonds. The van der Waals surface area contributed by atoms with Gasteiger partial charge in [-0.1, -0.05) is 25.1 Å². The molecule has 2 rings (SSSR count). The van der Waals surface area contributed by atoms with Crippen LogP contribution in [0.5, 0.6) is 0 Å². The summed E-state index contributed by atoms with van der Waals surface area (Å²) in [6.07, 6.45) is 0. The van der Waals surface area contributed by atoms with Gasteiger partial charge in [-0.2, -0.15) is 0 Å². The monoisotopic (exact) mass is 319 g/mol. The molecule has 0 bridgehead atoms. The van der Waals surface area contributed by atoms with Gasteiger partial charge in [-0.25, -0.2) is 8.78 Å². The Morgan fingerprint density at radius 2 is 1.70 bits per heavy atom. The lowest BCUT2D eigenvalue weighted by molar-refractivity contribution is 0.0912. The van der Waals surface area contributed by atoms with Crippen molar-refractivity contribution in [3.8, 4) is 11.1 Å². The highest BCUT2D eigenvalue weighted by Crippen LogP contribution is 2.22. The fourth-order valence-electron chi connectivity index (χ4n) is 2.11. The van der Waals surface area contributed by atoms with Crippen molar-refractivity contribution in [3.63, 3.8) is 0 Å². The Morgan fingerprint density at radius 1 is 1.09 bits per heavy atom. The Kier molecular flexibility index (Phi) is 5.45. The van der Waals surface area contributed by atoms with Crippen LogP contribution >= 0.6 is 0 Å². The smallest absolute Gasteiger partial charge is 0.254 e. The van der Waals surface area contributed by atoms with Gasteiger partial charge in [0.05, 0.1) is 5.56 Å². The van der Waals surface area contributed by atoms with Crippen LogP contribution in [-0.4, -0.2) is 23.7 Å². The van der Waals surface area contributed by atoms with Crippen molar-refractivity contribution in [2.75, 3.05) is 6.61 Å². The largest absolute Gasteiger partial charge is 0.396 e. The third kappa shape index (κ3) is 4.13. The first-order chi connectivity index (χ1) is 10.9. The lowest BCUT2D eigenvalue weighted by atomic mass is 10.0. The Labute approximate surface area is 134 Å². The van der Waals surface area contributed by atoms with E-state index in [0.29, 0.717) is 11.1 Å². The summed E-state index contributed by atoms with van der Waals surface area (Å²) < 4.78 is 27.1. The molecule has 0 fully saturated rings. The van der Waals surface area contributed by atoms with E-state index in [4.69, 9.17) is 5.11 Å². The fourth-order valence-corrected chi connectivity index (χ4v) is 2.11. The molecule has 2 N–H and O–H groups in total. The normalized spacial score (nSPS) is 13.4. The van der Waals surface area contributed by atoms with E-state index in [-0.39, 0.29) is 29.9 Å². The lowest BCUT2D eigenvalue weighted by Crippen LogP contribution is -2.38. The second-order valence-corrected chi connectivity index (χ2v) is 5.62. The molecular formula is C18H19F2NO2. The summed E-state index contributed by atoms with van der Waals surface area (Å²) in [7, 11) is 0. The SMILES string of the molecule is CC(CO)C(C)NC(=O)c1ccc(-c2ccc(F)cc2)cc1F. The molecule has 122 valence electrons. The Hall–Kier alpha value is -2.27. The van der Waals surface area contributed by atoms with E-state index in [1.54, 1.807) is 32.0 Å². The van der Waals surface area contributed by atoms with Crippen molar-refractivity contribution in [1.82, 2.24) is 5.32 Å². The number of aliphatic hydroxyl groups is 1. The number of rotatable bonds is 5. The Balaban J connectivity index is 2.19. The number of hydrogen-bond donors (Lipinski definition) is 2. The predicted octanol–water partition coefficient (Wildman–Crippen LogP) is 3.38. The molecule has 3 nitrogen and oxygen atoms in total. The fraction of sp³-hybridized carbons (Fsp3) is 0.278. The molecular weight excluding hydrogens is 300 g/mol. The van der Waals surface area contributed by atoms with Gasteiger partial charge >= 0.3 is 0 Å². The van der Waals surface area contributed by atoms with Gasteiger partial charge in [0, 0.05) is 12.6 Å². The lowest BCUT2D eigenvalue weighted by Gasteiger charge is -2.19. The first kappa shape index (κ1) is 17.1. The predicted molar refractivity (Wildman–Crippen MR) is 85.0 cm³/mol. The molecule has 0 aliphatic carbocycles. The molecule has 0 aliphatic heterocycles. The van der Waals surface area contributed by atoms with Crippen molar-refractivity contribution >= 4 is 5.91 Å². The van der Waals surface area contributed by atoms with E-state index in [1.807, 2.05) is 0 Å². The molecule has 0 spiro atoms. The van der Waals surface area contributed by atoms with E-state index in [0.717, 1.165) is 0 Å². The molecule has 2 aromatic rings. The quantitative estimate of drug-likeness (QED) is 0.887. The Morgan fingerprint density at radius 3 is 2.26 bits per heavy atom. The molecule has 0 aromatic heterocycles. The first-order valence-electron chi connectivity index (χ1n) is 7.39. The zero-order valence-corrected chi connectivity index (χ0v) is 13.0. The third-order valence-electron chi connectivity index (χ3n) is 3.89. The van der Waals surface area contributed by atoms with Gasteiger partial charge in [-0.3, -0.25) is 4.79 Å². The summed E-state index contributed by atoms with van der Waals surface area (Å²) in [5.41, 5.74) is 1.17. The standard InChI is InChI=1S/C18H19F2NO2/c1-11(10-22)12(2)21-18(23)16-8-5-14(9-17(16)20)13-3-6-15(19)7-4-13/h3-9,11-12,22H,10H2,1-2H3,(H,21,23). The van der Waals surface area contributed by atoms with E-state index < -0.39 is 11.7 Å². The second-order valence-electron chi connectivity index (χ2n) is 5.62. The average Bonchev–Trinajstić information content (AvgIpc) is 2.54. The summed E-state index contributed by atoms with van der Waals surface area (Å²) >= 11 is 0. The summed E-state index contributed by atoms with van der Waals surface area (Å²) in [6.45, 7) is 3.48. The van der Waals surface area contributed by atoms with Gasteiger partial charge in [0.25, 0.3) is 5.91 Å². The zero-order chi connectivity index (χ0) is 17.0. The third-order valence-corrected chi connectivity index (χ3v) is 3.89. The highest BCUT2D eigenvalue weighted by Gasteiger charge is 2.18. The topological polar surface area (TPSA) is 49.3 Å². The number of carbonyl (C=O) groups excluding carboxylic acids is 1. The number of amides is 1. The maximum Gasteiger partial charge on any atom is 0.254 e. The van der Waals surface area contributed by atoms with Gasteiger partial charge in [0.15, 0.2) is 0 Å². The van der Waals surface area contributed by atoms with Crippen LogP contribution in [0.25, 0.3) is 11.1 Å². The van der Waals surface area contributed by atoms with Gasteiger partial charge < -0.3 is 10.4 Å². The van der Waals surface area contributed by atoms with Crippen molar-refractivity contribution in [2.45, 2.75) is 19.9 Å². The van der Waals surface area contributed by atoms with E-state index >= 15 is 0 Å². The summed E-state index contributed by atoms with van der Waals surface area (Å²) in [4.78, 5) is 12.1. The van der Waals surface area contributed by atoms with Gasteiger partial charge in [0.2, 0.25) is 0 Å². The minimum atomic E-state index is -0.645. The van der Waals surface area contributed by atoms with Crippen LogP contribution in [0.2, 0.25) is 0 Å². The Bertz CT molecular complexity index is 686. The van der Waals surface area contributed by atoms with Crippen LogP contribution in [0, 0.1) is 17.6 Å². The summed E-state index contributed by atoms with van der Waals surface area (Å²) in [6, 6.07) is 9.69. The summed E-state index contributed by atoms with van der Waals surface area (Å²) in [5, 5.41) is 11.7. The molecule has 0 radical (unpaired) electrons. The number of hydrogen-bond acceptors (Lipinski definition) is 2. The molecule has 23 heavy (non-hydrogen) atoms. The molecule has 5 heteroatoms. The molecule has 0 saturated heterocycles. The molecule has 0 heterocycles. The van der Waals surface area contributed by atoms with Crippen LogP contribution < -0.4 is 5.32 Å². The number of carbonyl (C=O) groups is 1. The van der Waals surface area contributed by atoms with Crippen molar-refractivity contribution in [3.05, 3.63) is 59.7 Å². The molecule has 2 aromatic carbocycles.